The third kappa shape index (κ3) is 4.33. The highest BCUT2D eigenvalue weighted by atomic mass is 32.2. The van der Waals surface area contributed by atoms with E-state index in [1.807, 2.05) is 18.7 Å². The molecule has 1 rings (SSSR count). The Bertz CT molecular complexity index is 126. The summed E-state index contributed by atoms with van der Waals surface area (Å²) in [6.45, 7) is 5.02. The fourth-order valence-electron chi connectivity index (χ4n) is 0.935. The lowest BCUT2D eigenvalue weighted by Crippen LogP contribution is -2.22. The van der Waals surface area contributed by atoms with Crippen molar-refractivity contribution in [2.45, 2.75) is 44.1 Å². The maximum absolute atomic E-state index is 9.20. The molecule has 1 aliphatic rings. The Labute approximate surface area is 79.1 Å². The molecule has 1 fully saturated rings. The van der Waals surface area contributed by atoms with Gasteiger partial charge in [0.15, 0.2) is 0 Å². The molecule has 2 N–H and O–H groups in total. The normalized spacial score (nSPS) is 22.2. The first-order valence-electron chi connectivity index (χ1n) is 4.73. The van der Waals surface area contributed by atoms with Crippen molar-refractivity contribution in [3.63, 3.8) is 0 Å². The molecule has 2 atom stereocenters. The summed E-state index contributed by atoms with van der Waals surface area (Å²) in [5.74, 6) is 1.11. The molecule has 1 aliphatic carbocycles. The van der Waals surface area contributed by atoms with Crippen molar-refractivity contribution in [2.24, 2.45) is 0 Å². The molecular weight excluding hydrogens is 170 g/mol. The lowest BCUT2D eigenvalue weighted by atomic mass is 10.3. The zero-order valence-corrected chi connectivity index (χ0v) is 8.73. The minimum atomic E-state index is -0.184. The van der Waals surface area contributed by atoms with Crippen molar-refractivity contribution in [1.82, 2.24) is 5.32 Å². The van der Waals surface area contributed by atoms with E-state index in [-0.39, 0.29) is 6.10 Å². The van der Waals surface area contributed by atoms with Crippen LogP contribution in [-0.2, 0) is 0 Å². The van der Waals surface area contributed by atoms with Crippen molar-refractivity contribution in [2.75, 3.05) is 12.3 Å². The lowest BCUT2D eigenvalue weighted by Gasteiger charge is -2.13. The Kier molecular flexibility index (Phi) is 4.40. The van der Waals surface area contributed by atoms with Crippen LogP contribution in [0.1, 0.15) is 26.7 Å². The summed E-state index contributed by atoms with van der Waals surface area (Å²) >= 11 is 1.84. The van der Waals surface area contributed by atoms with Crippen LogP contribution in [0.3, 0.4) is 0 Å². The van der Waals surface area contributed by atoms with E-state index in [9.17, 15) is 5.11 Å². The van der Waals surface area contributed by atoms with Crippen LogP contribution in [0.5, 0.6) is 0 Å². The summed E-state index contributed by atoms with van der Waals surface area (Å²) in [4.78, 5) is 0. The summed E-state index contributed by atoms with van der Waals surface area (Å²) in [6.07, 6.45) is 2.53. The highest BCUT2D eigenvalue weighted by Crippen LogP contribution is 2.19. The van der Waals surface area contributed by atoms with E-state index in [4.69, 9.17) is 0 Å². The molecule has 1 saturated carbocycles. The second-order valence-corrected chi connectivity index (χ2v) is 5.03. The van der Waals surface area contributed by atoms with Crippen molar-refractivity contribution in [1.29, 1.82) is 0 Å². The average molecular weight is 189 g/mol. The third-order valence-electron chi connectivity index (χ3n) is 2.17. The summed E-state index contributed by atoms with van der Waals surface area (Å²) in [7, 11) is 0. The predicted octanol–water partition coefficient (Wildman–Crippen LogP) is 1.24. The molecule has 2 unspecified atom stereocenters. The Balaban J connectivity index is 1.86. The highest BCUT2D eigenvalue weighted by Gasteiger charge is 2.19. The van der Waals surface area contributed by atoms with Crippen LogP contribution in [0.25, 0.3) is 0 Å². The van der Waals surface area contributed by atoms with Crippen LogP contribution in [0.2, 0.25) is 0 Å². The molecule has 0 heterocycles. The predicted molar refractivity (Wildman–Crippen MR) is 54.6 cm³/mol. The van der Waals surface area contributed by atoms with E-state index in [2.05, 4.69) is 12.2 Å². The topological polar surface area (TPSA) is 32.3 Å². The van der Waals surface area contributed by atoms with Crippen LogP contribution >= 0.6 is 11.8 Å². The van der Waals surface area contributed by atoms with Gasteiger partial charge in [0.25, 0.3) is 0 Å². The van der Waals surface area contributed by atoms with Crippen molar-refractivity contribution < 1.29 is 5.11 Å². The molecule has 0 spiro atoms. The second kappa shape index (κ2) is 5.10. The van der Waals surface area contributed by atoms with E-state index < -0.39 is 0 Å². The van der Waals surface area contributed by atoms with Crippen LogP contribution in [0.4, 0.5) is 0 Å². The van der Waals surface area contributed by atoms with Crippen molar-refractivity contribution in [3.05, 3.63) is 0 Å². The monoisotopic (exact) mass is 189 g/mol. The van der Waals surface area contributed by atoms with Crippen LogP contribution in [0, 0.1) is 0 Å². The summed E-state index contributed by atoms with van der Waals surface area (Å²) in [5.41, 5.74) is 0. The molecule has 0 amide bonds. The summed E-state index contributed by atoms with van der Waals surface area (Å²) < 4.78 is 0. The van der Waals surface area contributed by atoms with E-state index in [1.165, 1.54) is 12.8 Å². The van der Waals surface area contributed by atoms with Gasteiger partial charge in [0.1, 0.15) is 0 Å². The van der Waals surface area contributed by atoms with Gasteiger partial charge in [0.2, 0.25) is 0 Å². The molecule has 0 radical (unpaired) electrons. The van der Waals surface area contributed by atoms with E-state index in [0.717, 1.165) is 18.3 Å². The minimum absolute atomic E-state index is 0.184. The van der Waals surface area contributed by atoms with Gasteiger partial charge in [-0.1, -0.05) is 6.92 Å². The number of rotatable bonds is 6. The van der Waals surface area contributed by atoms with E-state index in [1.54, 1.807) is 0 Å². The number of nitrogens with one attached hydrogen (secondary N) is 1. The maximum Gasteiger partial charge on any atom is 0.0627 e. The Hall–Kier alpha value is 0.270. The lowest BCUT2D eigenvalue weighted by molar-refractivity contribution is 0.196. The van der Waals surface area contributed by atoms with Crippen LogP contribution < -0.4 is 5.32 Å². The largest absolute Gasteiger partial charge is 0.392 e. The molecule has 72 valence electrons. The standard InChI is InChI=1S/C9H19NOS/c1-7(11)8(2)12-6-5-10-9-3-4-9/h7-11H,3-6H2,1-2H3. The molecule has 0 saturated heterocycles. The number of hydrogen-bond donors (Lipinski definition) is 2. The van der Waals surface area contributed by atoms with Crippen molar-refractivity contribution in [3.8, 4) is 0 Å². The minimum Gasteiger partial charge on any atom is -0.392 e. The Morgan fingerprint density at radius 3 is 2.67 bits per heavy atom. The zero-order chi connectivity index (χ0) is 8.97. The molecular formula is C9H19NOS. The first kappa shape index (κ1) is 10.4. The van der Waals surface area contributed by atoms with Gasteiger partial charge >= 0.3 is 0 Å². The summed E-state index contributed by atoms with van der Waals surface area (Å²) in [6, 6.07) is 0.812. The van der Waals surface area contributed by atoms with E-state index >= 15 is 0 Å². The fourth-order valence-corrected chi connectivity index (χ4v) is 1.82. The number of aliphatic hydroxyl groups excluding tert-OH is 1. The van der Waals surface area contributed by atoms with Gasteiger partial charge in [0.05, 0.1) is 6.10 Å². The first-order valence-corrected chi connectivity index (χ1v) is 5.78. The Morgan fingerprint density at radius 1 is 1.50 bits per heavy atom. The van der Waals surface area contributed by atoms with E-state index in [0.29, 0.717) is 5.25 Å². The zero-order valence-electron chi connectivity index (χ0n) is 7.92. The first-order chi connectivity index (χ1) is 5.70. The Morgan fingerprint density at radius 2 is 2.17 bits per heavy atom. The SMILES string of the molecule is CC(O)C(C)SCCNC1CC1. The van der Waals surface area contributed by atoms with Gasteiger partial charge in [-0.25, -0.2) is 0 Å². The third-order valence-corrected chi connectivity index (χ3v) is 3.53. The molecule has 3 heteroatoms. The van der Waals surface area contributed by atoms with Gasteiger partial charge in [-0.3, -0.25) is 0 Å². The molecule has 0 aliphatic heterocycles. The van der Waals surface area contributed by atoms with Gasteiger partial charge < -0.3 is 10.4 Å². The number of hydrogen-bond acceptors (Lipinski definition) is 3. The number of aliphatic hydroxyl groups is 1. The van der Waals surface area contributed by atoms with Gasteiger partial charge in [-0.2, -0.15) is 11.8 Å². The van der Waals surface area contributed by atoms with Crippen molar-refractivity contribution >= 4 is 11.8 Å². The molecule has 12 heavy (non-hydrogen) atoms. The highest BCUT2D eigenvalue weighted by molar-refractivity contribution is 7.99. The second-order valence-electron chi connectivity index (χ2n) is 3.54. The molecule has 0 aromatic rings. The quantitative estimate of drug-likeness (QED) is 0.617. The molecule has 2 nitrogen and oxygen atoms in total. The van der Waals surface area contributed by atoms with Gasteiger partial charge in [-0.05, 0) is 19.8 Å². The van der Waals surface area contributed by atoms with Gasteiger partial charge in [0, 0.05) is 23.6 Å². The fraction of sp³-hybridized carbons (Fsp3) is 1.00. The maximum atomic E-state index is 9.20. The molecule has 0 aromatic heterocycles. The molecule has 0 aromatic carbocycles. The molecule has 0 bridgehead atoms. The number of thioether (sulfide) groups is 1. The van der Waals surface area contributed by atoms with Crippen LogP contribution in [-0.4, -0.2) is 34.8 Å². The average Bonchev–Trinajstić information content (AvgIpc) is 2.80. The smallest absolute Gasteiger partial charge is 0.0627 e. The van der Waals surface area contributed by atoms with Gasteiger partial charge in [-0.15, -0.1) is 0 Å². The van der Waals surface area contributed by atoms with Crippen LogP contribution in [0.15, 0.2) is 0 Å². The summed E-state index contributed by atoms with van der Waals surface area (Å²) in [5, 5.41) is 13.0.